The summed E-state index contributed by atoms with van der Waals surface area (Å²) >= 11 is 3.47. The van der Waals surface area contributed by atoms with Crippen molar-refractivity contribution in [2.75, 3.05) is 19.5 Å². The number of hydrogen-bond acceptors (Lipinski definition) is 4. The molecule has 0 spiro atoms. The number of nitriles is 1. The monoisotopic (exact) mass is 291 g/mol. The maximum absolute atomic E-state index is 9.05. The van der Waals surface area contributed by atoms with Gasteiger partial charge in [-0.1, -0.05) is 15.9 Å². The largest absolute Gasteiger partial charge is 0.494 e. The van der Waals surface area contributed by atoms with Crippen LogP contribution in [0.4, 0.5) is 5.69 Å². The van der Waals surface area contributed by atoms with Crippen LogP contribution in [-0.2, 0) is 0 Å². The lowest BCUT2D eigenvalue weighted by atomic mass is 10.1. The van der Waals surface area contributed by atoms with Gasteiger partial charge in [-0.05, 0) is 12.1 Å². The number of nitrogens with zero attached hydrogens (tertiary/aromatic N) is 2. The van der Waals surface area contributed by atoms with Gasteiger partial charge in [0.2, 0.25) is 0 Å². The van der Waals surface area contributed by atoms with E-state index in [1.807, 2.05) is 12.1 Å². The van der Waals surface area contributed by atoms with Crippen molar-refractivity contribution in [1.29, 1.82) is 5.26 Å². The van der Waals surface area contributed by atoms with E-state index in [0.29, 0.717) is 11.3 Å². The predicted molar refractivity (Wildman–Crippen MR) is 70.3 cm³/mol. The Bertz CT molecular complexity index is 619. The third-order valence-electron chi connectivity index (χ3n) is 2.52. The van der Waals surface area contributed by atoms with E-state index in [9.17, 15) is 0 Å². The molecule has 1 aromatic heterocycles. The van der Waals surface area contributed by atoms with E-state index in [-0.39, 0.29) is 0 Å². The van der Waals surface area contributed by atoms with E-state index in [4.69, 9.17) is 10.00 Å². The van der Waals surface area contributed by atoms with Crippen molar-refractivity contribution in [3.63, 3.8) is 0 Å². The van der Waals surface area contributed by atoms with Crippen LogP contribution in [0.1, 0.15) is 5.56 Å². The molecule has 0 atom stereocenters. The van der Waals surface area contributed by atoms with Gasteiger partial charge in [-0.2, -0.15) is 5.26 Å². The summed E-state index contributed by atoms with van der Waals surface area (Å²) in [4.78, 5) is 4.27. The maximum atomic E-state index is 9.05. The Morgan fingerprint density at radius 1 is 1.47 bits per heavy atom. The van der Waals surface area contributed by atoms with Crippen LogP contribution in [0.3, 0.4) is 0 Å². The first-order valence-electron chi connectivity index (χ1n) is 4.96. The highest BCUT2D eigenvalue weighted by Gasteiger charge is 2.13. The van der Waals surface area contributed by atoms with Crippen LogP contribution in [0, 0.1) is 11.3 Å². The Morgan fingerprint density at radius 3 is 2.82 bits per heavy atom. The number of rotatable bonds is 2. The Hall–Kier alpha value is -1.80. The lowest BCUT2D eigenvalue weighted by molar-refractivity contribution is 0.419. The highest BCUT2D eigenvalue weighted by Crippen LogP contribution is 2.36. The molecule has 0 saturated carbocycles. The number of aromatic nitrogens is 1. The number of fused-ring (bicyclic) bond motifs is 1. The topological polar surface area (TPSA) is 57.9 Å². The predicted octanol–water partition coefficient (Wildman–Crippen LogP) is 2.92. The van der Waals surface area contributed by atoms with Gasteiger partial charge in [-0.25, -0.2) is 0 Å². The highest BCUT2D eigenvalue weighted by atomic mass is 79.9. The van der Waals surface area contributed by atoms with Crippen LogP contribution in [0.5, 0.6) is 5.75 Å². The van der Waals surface area contributed by atoms with E-state index in [0.717, 1.165) is 21.1 Å². The van der Waals surface area contributed by atoms with Crippen molar-refractivity contribution in [3.05, 3.63) is 28.4 Å². The fraction of sp³-hybridized carbons (Fsp3) is 0.167. The van der Waals surface area contributed by atoms with Gasteiger partial charge in [0, 0.05) is 23.1 Å². The Morgan fingerprint density at radius 2 is 2.24 bits per heavy atom. The van der Waals surface area contributed by atoms with E-state index in [2.05, 4.69) is 32.3 Å². The van der Waals surface area contributed by atoms with E-state index >= 15 is 0 Å². The number of nitrogens with one attached hydrogen (secondary N) is 1. The molecule has 1 heterocycles. The molecule has 86 valence electrons. The summed E-state index contributed by atoms with van der Waals surface area (Å²) in [6, 6.07) is 5.83. The van der Waals surface area contributed by atoms with Crippen molar-refractivity contribution >= 4 is 32.5 Å². The molecular formula is C12H10BrN3O. The quantitative estimate of drug-likeness (QED) is 0.924. The maximum Gasteiger partial charge on any atom is 0.145 e. The zero-order valence-electron chi connectivity index (χ0n) is 9.41. The highest BCUT2D eigenvalue weighted by molar-refractivity contribution is 9.10. The van der Waals surface area contributed by atoms with Crippen LogP contribution in [0.15, 0.2) is 22.8 Å². The lowest BCUT2D eigenvalue weighted by Crippen LogP contribution is -1.97. The number of pyridine rings is 1. The fourth-order valence-electron chi connectivity index (χ4n) is 1.75. The summed E-state index contributed by atoms with van der Waals surface area (Å²) in [7, 11) is 3.38. The molecule has 2 aromatic rings. The first-order valence-corrected chi connectivity index (χ1v) is 5.75. The molecule has 2 rings (SSSR count). The third kappa shape index (κ3) is 1.81. The molecule has 0 aliphatic heterocycles. The van der Waals surface area contributed by atoms with Crippen molar-refractivity contribution in [2.45, 2.75) is 0 Å². The van der Waals surface area contributed by atoms with Gasteiger partial charge in [-0.15, -0.1) is 0 Å². The van der Waals surface area contributed by atoms with Gasteiger partial charge in [-0.3, -0.25) is 4.98 Å². The first-order chi connectivity index (χ1) is 8.22. The van der Waals surface area contributed by atoms with E-state index < -0.39 is 0 Å². The molecule has 0 aliphatic rings. The second-order valence-electron chi connectivity index (χ2n) is 3.38. The Kier molecular flexibility index (Phi) is 3.16. The summed E-state index contributed by atoms with van der Waals surface area (Å²) < 4.78 is 6.14. The molecule has 0 bridgehead atoms. The second-order valence-corrected chi connectivity index (χ2v) is 4.24. The van der Waals surface area contributed by atoms with Gasteiger partial charge in [0.1, 0.15) is 17.3 Å². The van der Waals surface area contributed by atoms with Crippen molar-refractivity contribution in [1.82, 2.24) is 4.98 Å². The van der Waals surface area contributed by atoms with E-state index in [1.54, 1.807) is 20.4 Å². The van der Waals surface area contributed by atoms with Crippen molar-refractivity contribution in [3.8, 4) is 11.8 Å². The third-order valence-corrected chi connectivity index (χ3v) is 3.18. The van der Waals surface area contributed by atoms with E-state index in [1.165, 1.54) is 0 Å². The van der Waals surface area contributed by atoms with Gasteiger partial charge in [0.15, 0.2) is 0 Å². The fourth-order valence-corrected chi connectivity index (χ4v) is 2.27. The van der Waals surface area contributed by atoms with Gasteiger partial charge >= 0.3 is 0 Å². The minimum Gasteiger partial charge on any atom is -0.494 e. The van der Waals surface area contributed by atoms with Crippen molar-refractivity contribution in [2.24, 2.45) is 0 Å². The molecule has 0 unspecified atom stereocenters. The van der Waals surface area contributed by atoms with Gasteiger partial charge < -0.3 is 10.1 Å². The SMILES string of the molecule is CNc1c(C#N)cnc2c(OC)ccc(Br)c12. The molecule has 0 fully saturated rings. The van der Waals surface area contributed by atoms with Crippen LogP contribution in [0.2, 0.25) is 0 Å². The summed E-state index contributed by atoms with van der Waals surface area (Å²) in [6.45, 7) is 0. The normalized spacial score (nSPS) is 10.0. The van der Waals surface area contributed by atoms with Crippen LogP contribution in [0.25, 0.3) is 10.9 Å². The molecule has 4 nitrogen and oxygen atoms in total. The number of ether oxygens (including phenoxy) is 1. The molecule has 0 aliphatic carbocycles. The number of anilines is 1. The minimum atomic E-state index is 0.508. The summed E-state index contributed by atoms with van der Waals surface area (Å²) in [5.41, 5.74) is 1.99. The lowest BCUT2D eigenvalue weighted by Gasteiger charge is -2.11. The molecule has 1 aromatic carbocycles. The van der Waals surface area contributed by atoms with Gasteiger partial charge in [0.25, 0.3) is 0 Å². The molecule has 5 heteroatoms. The molecule has 0 saturated heterocycles. The number of hydrogen-bond donors (Lipinski definition) is 1. The molecular weight excluding hydrogens is 282 g/mol. The first kappa shape index (κ1) is 11.7. The smallest absolute Gasteiger partial charge is 0.145 e. The van der Waals surface area contributed by atoms with Crippen LogP contribution < -0.4 is 10.1 Å². The minimum absolute atomic E-state index is 0.508. The zero-order chi connectivity index (χ0) is 12.4. The standard InChI is InChI=1S/C12H10BrN3O/c1-15-11-7(5-14)6-16-12-9(17-2)4-3-8(13)10(11)12/h3-4,6H,1-2H3,(H,15,16). The number of halogens is 1. The van der Waals surface area contributed by atoms with Crippen LogP contribution in [-0.4, -0.2) is 19.1 Å². The van der Waals surface area contributed by atoms with Crippen LogP contribution >= 0.6 is 15.9 Å². The molecule has 0 amide bonds. The number of methoxy groups -OCH3 is 1. The zero-order valence-corrected chi connectivity index (χ0v) is 11.0. The summed E-state index contributed by atoms with van der Waals surface area (Å²) in [6.07, 6.45) is 1.54. The number of benzene rings is 1. The Labute approximate surface area is 107 Å². The summed E-state index contributed by atoms with van der Waals surface area (Å²) in [5, 5.41) is 12.9. The molecule has 0 radical (unpaired) electrons. The molecule has 17 heavy (non-hydrogen) atoms. The average Bonchev–Trinajstić information content (AvgIpc) is 2.37. The Balaban J connectivity index is 2.94. The second kappa shape index (κ2) is 4.60. The summed E-state index contributed by atoms with van der Waals surface area (Å²) in [5.74, 6) is 0.684. The van der Waals surface area contributed by atoms with Gasteiger partial charge in [0.05, 0.1) is 18.4 Å². The average molecular weight is 292 g/mol. The van der Waals surface area contributed by atoms with Crippen molar-refractivity contribution < 1.29 is 4.74 Å². The molecule has 1 N–H and O–H groups in total.